The molecule has 0 aliphatic heterocycles. The summed E-state index contributed by atoms with van der Waals surface area (Å²) in [5.41, 5.74) is 0.470. The zero-order valence-electron chi connectivity index (χ0n) is 11.9. The van der Waals surface area contributed by atoms with Gasteiger partial charge in [0.05, 0.1) is 4.90 Å². The van der Waals surface area contributed by atoms with E-state index >= 15 is 0 Å². The van der Waals surface area contributed by atoms with Crippen LogP contribution in [0.1, 0.15) is 12.8 Å². The van der Waals surface area contributed by atoms with Gasteiger partial charge in [-0.1, -0.05) is 0 Å². The summed E-state index contributed by atoms with van der Waals surface area (Å²) in [5.74, 6) is -0.903. The van der Waals surface area contributed by atoms with Crippen LogP contribution in [0.2, 0.25) is 0 Å². The van der Waals surface area contributed by atoms with Gasteiger partial charge >= 0.3 is 12.0 Å². The number of benzene rings is 1. The molecule has 0 radical (unpaired) electrons. The molecule has 1 aromatic rings. The molecular weight excluding hydrogens is 296 g/mol. The van der Waals surface area contributed by atoms with Gasteiger partial charge in [-0.05, 0) is 30.7 Å². The van der Waals surface area contributed by atoms with Gasteiger partial charge in [-0.2, -0.15) is 0 Å². The van der Waals surface area contributed by atoms with Gasteiger partial charge in [-0.15, -0.1) is 0 Å². The van der Waals surface area contributed by atoms with Crippen LogP contribution in [0.3, 0.4) is 0 Å². The first kappa shape index (κ1) is 17.0. The van der Waals surface area contributed by atoms with Gasteiger partial charge in [0, 0.05) is 32.0 Å². The summed E-state index contributed by atoms with van der Waals surface area (Å²) in [6.45, 7) is 0.319. The lowest BCUT2D eigenvalue weighted by Gasteiger charge is -2.17. The van der Waals surface area contributed by atoms with Crippen molar-refractivity contribution in [1.29, 1.82) is 0 Å². The number of rotatable bonds is 6. The molecule has 0 spiro atoms. The van der Waals surface area contributed by atoms with Crippen LogP contribution in [-0.2, 0) is 14.6 Å². The Hall–Kier alpha value is -2.09. The summed E-state index contributed by atoms with van der Waals surface area (Å²) in [4.78, 5) is 23.8. The maximum Gasteiger partial charge on any atom is 0.321 e. The van der Waals surface area contributed by atoms with E-state index in [1.54, 1.807) is 7.05 Å². The lowest BCUT2D eigenvalue weighted by Crippen LogP contribution is -2.32. The summed E-state index contributed by atoms with van der Waals surface area (Å²) in [6.07, 6.45) is 1.48. The lowest BCUT2D eigenvalue weighted by atomic mass is 10.3. The second-order valence-electron chi connectivity index (χ2n) is 4.65. The number of carbonyl (C=O) groups excluding carboxylic acids is 1. The highest BCUT2D eigenvalue weighted by molar-refractivity contribution is 7.90. The van der Waals surface area contributed by atoms with Gasteiger partial charge in [-0.25, -0.2) is 13.2 Å². The fraction of sp³-hybridized carbons (Fsp3) is 0.385. The third-order valence-electron chi connectivity index (χ3n) is 2.76. The van der Waals surface area contributed by atoms with Crippen molar-refractivity contribution in [3.8, 4) is 0 Å². The summed E-state index contributed by atoms with van der Waals surface area (Å²) < 4.78 is 22.6. The molecule has 2 N–H and O–H groups in total. The molecule has 0 bridgehead atoms. The van der Waals surface area contributed by atoms with Crippen LogP contribution in [0.15, 0.2) is 29.2 Å². The van der Waals surface area contributed by atoms with Crippen molar-refractivity contribution in [2.45, 2.75) is 17.7 Å². The summed E-state index contributed by atoms with van der Waals surface area (Å²) in [6, 6.07) is 5.44. The van der Waals surface area contributed by atoms with E-state index in [4.69, 9.17) is 5.11 Å². The van der Waals surface area contributed by atoms with Crippen molar-refractivity contribution in [3.63, 3.8) is 0 Å². The SMILES string of the molecule is CN(CCCC(=O)O)C(=O)Nc1ccc(S(C)(=O)=O)cc1. The highest BCUT2D eigenvalue weighted by Gasteiger charge is 2.10. The summed E-state index contributed by atoms with van der Waals surface area (Å²) in [5, 5.41) is 11.1. The summed E-state index contributed by atoms with van der Waals surface area (Å²) >= 11 is 0. The average molecular weight is 314 g/mol. The summed E-state index contributed by atoms with van der Waals surface area (Å²) in [7, 11) is -1.71. The quantitative estimate of drug-likeness (QED) is 0.826. The first-order valence-electron chi connectivity index (χ1n) is 6.24. The third kappa shape index (κ3) is 5.82. The van der Waals surface area contributed by atoms with Gasteiger partial charge in [0.25, 0.3) is 0 Å². The number of carboxylic acid groups (broad SMARTS) is 1. The molecule has 1 rings (SSSR count). The maximum absolute atomic E-state index is 11.8. The molecule has 21 heavy (non-hydrogen) atoms. The number of hydrogen-bond donors (Lipinski definition) is 2. The van der Waals surface area contributed by atoms with Gasteiger partial charge < -0.3 is 15.3 Å². The molecule has 0 heterocycles. The molecule has 1 aromatic carbocycles. The topological polar surface area (TPSA) is 104 Å². The van der Waals surface area contributed by atoms with E-state index in [1.165, 1.54) is 29.2 Å². The van der Waals surface area contributed by atoms with E-state index in [-0.39, 0.29) is 17.3 Å². The molecule has 0 saturated carbocycles. The number of anilines is 1. The molecule has 0 unspecified atom stereocenters. The number of sulfone groups is 1. The number of carboxylic acids is 1. The Bertz CT molecular complexity index is 610. The van der Waals surface area contributed by atoms with Gasteiger partial charge in [0.1, 0.15) is 0 Å². The van der Waals surface area contributed by atoms with Crippen LogP contribution in [-0.4, -0.2) is 50.3 Å². The van der Waals surface area contributed by atoms with Crippen LogP contribution in [0, 0.1) is 0 Å². The molecule has 0 aliphatic rings. The fourth-order valence-corrected chi connectivity index (χ4v) is 2.20. The number of nitrogens with one attached hydrogen (secondary N) is 1. The number of nitrogens with zero attached hydrogens (tertiary/aromatic N) is 1. The third-order valence-corrected chi connectivity index (χ3v) is 3.89. The van der Waals surface area contributed by atoms with E-state index in [2.05, 4.69) is 5.32 Å². The normalized spacial score (nSPS) is 11.0. The van der Waals surface area contributed by atoms with E-state index in [1.807, 2.05) is 0 Å². The maximum atomic E-state index is 11.8. The number of hydrogen-bond acceptors (Lipinski definition) is 4. The molecule has 0 aromatic heterocycles. The Kier molecular flexibility index (Phi) is 5.71. The van der Waals surface area contributed by atoms with Crippen LogP contribution in [0.4, 0.5) is 10.5 Å². The van der Waals surface area contributed by atoms with E-state index in [0.29, 0.717) is 18.7 Å². The molecular formula is C13H18N2O5S. The zero-order valence-corrected chi connectivity index (χ0v) is 12.7. The first-order valence-corrected chi connectivity index (χ1v) is 8.13. The molecule has 2 amide bonds. The predicted molar refractivity (Wildman–Crippen MR) is 78.1 cm³/mol. The van der Waals surface area contributed by atoms with Crippen LogP contribution in [0.5, 0.6) is 0 Å². The van der Waals surface area contributed by atoms with E-state index in [0.717, 1.165) is 6.26 Å². The molecule has 0 aliphatic carbocycles. The van der Waals surface area contributed by atoms with Gasteiger partial charge in [-0.3, -0.25) is 4.79 Å². The second-order valence-corrected chi connectivity index (χ2v) is 6.66. The number of urea groups is 1. The van der Waals surface area contributed by atoms with Crippen molar-refractivity contribution < 1.29 is 23.1 Å². The highest BCUT2D eigenvalue weighted by Crippen LogP contribution is 2.14. The predicted octanol–water partition coefficient (Wildman–Crippen LogP) is 1.42. The molecule has 0 fully saturated rings. The lowest BCUT2D eigenvalue weighted by molar-refractivity contribution is -0.137. The Morgan fingerprint density at radius 3 is 2.29 bits per heavy atom. The van der Waals surface area contributed by atoms with Crippen LogP contribution >= 0.6 is 0 Å². The standard InChI is InChI=1S/C13H18N2O5S/c1-15(9-3-4-12(16)17)13(18)14-10-5-7-11(8-6-10)21(2,19)20/h5-8H,3-4,9H2,1-2H3,(H,14,18)(H,16,17). The molecule has 116 valence electrons. The minimum absolute atomic E-state index is 0.000671. The molecule has 0 atom stereocenters. The van der Waals surface area contributed by atoms with Crippen molar-refractivity contribution in [3.05, 3.63) is 24.3 Å². The van der Waals surface area contributed by atoms with Crippen molar-refractivity contribution in [1.82, 2.24) is 4.90 Å². The monoisotopic (exact) mass is 314 g/mol. The Morgan fingerprint density at radius 1 is 1.24 bits per heavy atom. The molecule has 8 heteroatoms. The highest BCUT2D eigenvalue weighted by atomic mass is 32.2. The number of carbonyl (C=O) groups is 2. The number of amides is 2. The van der Waals surface area contributed by atoms with Crippen molar-refractivity contribution in [2.75, 3.05) is 25.2 Å². The first-order chi connectivity index (χ1) is 9.70. The van der Waals surface area contributed by atoms with E-state index < -0.39 is 15.8 Å². The average Bonchev–Trinajstić information content (AvgIpc) is 2.37. The van der Waals surface area contributed by atoms with Crippen LogP contribution < -0.4 is 5.32 Å². The Labute approximate surface area is 123 Å². The smallest absolute Gasteiger partial charge is 0.321 e. The van der Waals surface area contributed by atoms with E-state index in [9.17, 15) is 18.0 Å². The van der Waals surface area contributed by atoms with Crippen molar-refractivity contribution >= 4 is 27.5 Å². The van der Waals surface area contributed by atoms with Crippen molar-refractivity contribution in [2.24, 2.45) is 0 Å². The minimum Gasteiger partial charge on any atom is -0.481 e. The number of aliphatic carboxylic acids is 1. The fourth-order valence-electron chi connectivity index (χ4n) is 1.57. The zero-order chi connectivity index (χ0) is 16.0. The van der Waals surface area contributed by atoms with Crippen LogP contribution in [0.25, 0.3) is 0 Å². The molecule has 0 saturated heterocycles. The van der Waals surface area contributed by atoms with Gasteiger partial charge in [0.15, 0.2) is 9.84 Å². The Morgan fingerprint density at radius 2 is 1.81 bits per heavy atom. The second kappa shape index (κ2) is 7.07. The Balaban J connectivity index is 2.56. The molecule has 7 nitrogen and oxygen atoms in total. The van der Waals surface area contributed by atoms with Gasteiger partial charge in [0.2, 0.25) is 0 Å². The minimum atomic E-state index is -3.26. The largest absolute Gasteiger partial charge is 0.481 e.